The number of hydrogen-bond acceptors (Lipinski definition) is 3. The van der Waals surface area contributed by atoms with E-state index in [1.165, 1.54) is 0 Å². The quantitative estimate of drug-likeness (QED) is 0.802. The second-order valence-electron chi connectivity index (χ2n) is 5.13. The Labute approximate surface area is 125 Å². The molecule has 112 valence electrons. The maximum Gasteiger partial charge on any atom is 0.259 e. The predicted octanol–water partition coefficient (Wildman–Crippen LogP) is 2.48. The molecule has 2 aromatic rings. The van der Waals surface area contributed by atoms with Gasteiger partial charge in [-0.2, -0.15) is 5.10 Å². The maximum atomic E-state index is 12.2. The highest BCUT2D eigenvalue weighted by Crippen LogP contribution is 2.13. The lowest BCUT2D eigenvalue weighted by atomic mass is 10.2. The minimum absolute atomic E-state index is 0.126. The van der Waals surface area contributed by atoms with E-state index < -0.39 is 0 Å². The molecule has 1 amide bonds. The molecule has 0 bridgehead atoms. The molecule has 0 saturated heterocycles. The number of hydrogen-bond donors (Lipinski definition) is 2. The summed E-state index contributed by atoms with van der Waals surface area (Å²) in [5, 5.41) is 10.5. The van der Waals surface area contributed by atoms with Gasteiger partial charge in [0.15, 0.2) is 0 Å². The van der Waals surface area contributed by atoms with Crippen LogP contribution < -0.4 is 10.6 Å². The van der Waals surface area contributed by atoms with Crippen molar-refractivity contribution >= 4 is 11.6 Å². The second-order valence-corrected chi connectivity index (χ2v) is 5.13. The van der Waals surface area contributed by atoms with E-state index in [-0.39, 0.29) is 5.91 Å². The standard InChI is InChI=1S/C16H22N4O/c1-4-8-17-10-13-6-5-7-14(9-13)18-16(21)15-11-20(3)19-12(15)2/h5-7,9,11,17H,4,8,10H2,1-3H3,(H,18,21). The van der Waals surface area contributed by atoms with Crippen LogP contribution in [0.1, 0.15) is 35.0 Å². The first-order valence-electron chi connectivity index (χ1n) is 7.21. The van der Waals surface area contributed by atoms with Crippen molar-refractivity contribution in [1.82, 2.24) is 15.1 Å². The molecular weight excluding hydrogens is 264 g/mol. The number of nitrogens with one attached hydrogen (secondary N) is 2. The number of carbonyl (C=O) groups is 1. The molecule has 1 heterocycles. The third-order valence-electron chi connectivity index (χ3n) is 3.20. The highest BCUT2D eigenvalue weighted by molar-refractivity contribution is 6.04. The van der Waals surface area contributed by atoms with Crippen molar-refractivity contribution in [3.8, 4) is 0 Å². The molecule has 0 saturated carbocycles. The van der Waals surface area contributed by atoms with Gasteiger partial charge in [0, 0.05) is 25.5 Å². The molecule has 21 heavy (non-hydrogen) atoms. The van der Waals surface area contributed by atoms with Crippen LogP contribution in [0.2, 0.25) is 0 Å². The number of aromatic nitrogens is 2. The number of carbonyl (C=O) groups excluding carboxylic acids is 1. The topological polar surface area (TPSA) is 58.9 Å². The summed E-state index contributed by atoms with van der Waals surface area (Å²) in [5.41, 5.74) is 3.30. The van der Waals surface area contributed by atoms with Gasteiger partial charge in [-0.05, 0) is 37.6 Å². The Bertz CT molecular complexity index is 618. The van der Waals surface area contributed by atoms with Crippen LogP contribution in [-0.2, 0) is 13.6 Å². The lowest BCUT2D eigenvalue weighted by Gasteiger charge is -2.08. The fraction of sp³-hybridized carbons (Fsp3) is 0.375. The molecule has 1 aromatic carbocycles. The SMILES string of the molecule is CCCNCc1cccc(NC(=O)c2cn(C)nc2C)c1. The Hall–Kier alpha value is -2.14. The number of anilines is 1. The van der Waals surface area contributed by atoms with Gasteiger partial charge in [-0.1, -0.05) is 19.1 Å². The first-order chi connectivity index (χ1) is 10.1. The number of nitrogens with zero attached hydrogens (tertiary/aromatic N) is 2. The van der Waals surface area contributed by atoms with E-state index >= 15 is 0 Å². The van der Waals surface area contributed by atoms with Gasteiger partial charge in [0.1, 0.15) is 0 Å². The van der Waals surface area contributed by atoms with E-state index in [4.69, 9.17) is 0 Å². The van der Waals surface area contributed by atoms with Gasteiger partial charge in [-0.25, -0.2) is 0 Å². The second kappa shape index (κ2) is 7.04. The van der Waals surface area contributed by atoms with Crippen molar-refractivity contribution in [1.29, 1.82) is 0 Å². The molecule has 2 rings (SSSR count). The van der Waals surface area contributed by atoms with Crippen LogP contribution in [0.25, 0.3) is 0 Å². The zero-order chi connectivity index (χ0) is 15.2. The van der Waals surface area contributed by atoms with E-state index in [1.54, 1.807) is 10.9 Å². The average Bonchev–Trinajstić information content (AvgIpc) is 2.78. The summed E-state index contributed by atoms with van der Waals surface area (Å²) in [6, 6.07) is 7.89. The minimum atomic E-state index is -0.126. The zero-order valence-electron chi connectivity index (χ0n) is 12.8. The van der Waals surface area contributed by atoms with Crippen LogP contribution in [0.15, 0.2) is 30.5 Å². The summed E-state index contributed by atoms with van der Waals surface area (Å²) >= 11 is 0. The van der Waals surface area contributed by atoms with Gasteiger partial charge in [0.25, 0.3) is 5.91 Å². The predicted molar refractivity (Wildman–Crippen MR) is 84.3 cm³/mol. The highest BCUT2D eigenvalue weighted by Gasteiger charge is 2.12. The number of benzene rings is 1. The molecule has 5 nitrogen and oxygen atoms in total. The summed E-state index contributed by atoms with van der Waals surface area (Å²) in [7, 11) is 1.81. The van der Waals surface area contributed by atoms with Crippen molar-refractivity contribution in [2.24, 2.45) is 7.05 Å². The Morgan fingerprint density at radius 2 is 2.19 bits per heavy atom. The Balaban J connectivity index is 2.04. The first-order valence-corrected chi connectivity index (χ1v) is 7.21. The normalized spacial score (nSPS) is 10.6. The minimum Gasteiger partial charge on any atom is -0.322 e. The first kappa shape index (κ1) is 15.3. The average molecular weight is 286 g/mol. The fourth-order valence-electron chi connectivity index (χ4n) is 2.19. The van der Waals surface area contributed by atoms with Crippen LogP contribution >= 0.6 is 0 Å². The molecule has 0 radical (unpaired) electrons. The molecule has 0 spiro atoms. The van der Waals surface area contributed by atoms with Crippen molar-refractivity contribution < 1.29 is 4.79 Å². The molecule has 0 aliphatic carbocycles. The monoisotopic (exact) mass is 286 g/mol. The van der Waals surface area contributed by atoms with Crippen molar-refractivity contribution in [3.05, 3.63) is 47.3 Å². The van der Waals surface area contributed by atoms with E-state index in [0.29, 0.717) is 5.56 Å². The van der Waals surface area contributed by atoms with E-state index in [9.17, 15) is 4.79 Å². The lowest BCUT2D eigenvalue weighted by molar-refractivity contribution is 0.102. The Morgan fingerprint density at radius 1 is 1.38 bits per heavy atom. The Kier molecular flexibility index (Phi) is 5.11. The van der Waals surface area contributed by atoms with Gasteiger partial charge in [-0.15, -0.1) is 0 Å². The summed E-state index contributed by atoms with van der Waals surface area (Å²) in [6.45, 7) is 5.77. The maximum absolute atomic E-state index is 12.2. The van der Waals surface area contributed by atoms with Crippen molar-refractivity contribution in [3.63, 3.8) is 0 Å². The molecule has 5 heteroatoms. The van der Waals surface area contributed by atoms with Gasteiger partial charge < -0.3 is 10.6 Å². The number of aryl methyl sites for hydroxylation is 2. The molecule has 0 aliphatic rings. The lowest BCUT2D eigenvalue weighted by Crippen LogP contribution is -2.15. The van der Waals surface area contributed by atoms with Gasteiger partial charge >= 0.3 is 0 Å². The molecular formula is C16H22N4O. The molecule has 0 atom stereocenters. The largest absolute Gasteiger partial charge is 0.322 e. The van der Waals surface area contributed by atoms with Crippen LogP contribution in [-0.4, -0.2) is 22.2 Å². The van der Waals surface area contributed by atoms with Crippen LogP contribution in [0, 0.1) is 6.92 Å². The smallest absolute Gasteiger partial charge is 0.259 e. The Morgan fingerprint density at radius 3 is 2.86 bits per heavy atom. The summed E-state index contributed by atoms with van der Waals surface area (Å²) in [4.78, 5) is 12.2. The molecule has 0 fully saturated rings. The number of amides is 1. The molecule has 1 aromatic heterocycles. The van der Waals surface area contributed by atoms with Crippen molar-refractivity contribution in [2.45, 2.75) is 26.8 Å². The van der Waals surface area contributed by atoms with Crippen LogP contribution in [0.3, 0.4) is 0 Å². The number of rotatable bonds is 6. The van der Waals surface area contributed by atoms with E-state index in [1.807, 2.05) is 38.2 Å². The van der Waals surface area contributed by atoms with E-state index in [2.05, 4.69) is 22.7 Å². The fourth-order valence-corrected chi connectivity index (χ4v) is 2.19. The van der Waals surface area contributed by atoms with Crippen LogP contribution in [0.5, 0.6) is 0 Å². The van der Waals surface area contributed by atoms with Crippen molar-refractivity contribution in [2.75, 3.05) is 11.9 Å². The summed E-state index contributed by atoms with van der Waals surface area (Å²) < 4.78 is 1.65. The summed E-state index contributed by atoms with van der Waals surface area (Å²) in [5.74, 6) is -0.126. The summed E-state index contributed by atoms with van der Waals surface area (Å²) in [6.07, 6.45) is 2.84. The third kappa shape index (κ3) is 4.16. The zero-order valence-corrected chi connectivity index (χ0v) is 12.8. The van der Waals surface area contributed by atoms with Gasteiger partial charge in [-0.3, -0.25) is 9.48 Å². The van der Waals surface area contributed by atoms with Crippen LogP contribution in [0.4, 0.5) is 5.69 Å². The molecule has 0 aliphatic heterocycles. The highest BCUT2D eigenvalue weighted by atomic mass is 16.1. The van der Waals surface area contributed by atoms with E-state index in [0.717, 1.165) is 36.5 Å². The van der Waals surface area contributed by atoms with Gasteiger partial charge in [0.2, 0.25) is 0 Å². The van der Waals surface area contributed by atoms with Gasteiger partial charge in [0.05, 0.1) is 11.3 Å². The molecule has 0 unspecified atom stereocenters. The third-order valence-corrected chi connectivity index (χ3v) is 3.20. The molecule has 2 N–H and O–H groups in total.